The van der Waals surface area contributed by atoms with Crippen LogP contribution in [0.15, 0.2) is 24.3 Å². The molecule has 6 atom stereocenters. The number of esters is 1. The highest BCUT2D eigenvalue weighted by Crippen LogP contribution is 2.22. The average molecular weight is 517 g/mol. The first kappa shape index (κ1) is 32.7. The predicted molar refractivity (Wildman–Crippen MR) is 136 cm³/mol. The van der Waals surface area contributed by atoms with Crippen LogP contribution in [0.25, 0.3) is 0 Å². The van der Waals surface area contributed by atoms with Gasteiger partial charge in [-0.3, -0.25) is 4.79 Å². The SMILES string of the molecule is CCCCC/C=C\C/C=C\CCCCCCCC(=O)OCC(O)COC1OC(CO)C(O)C(O)C1O. The molecule has 5 N–H and O–H groups in total. The highest BCUT2D eigenvalue weighted by molar-refractivity contribution is 5.69. The maximum Gasteiger partial charge on any atom is 0.305 e. The first-order chi connectivity index (χ1) is 17.4. The molecule has 0 aromatic carbocycles. The van der Waals surface area contributed by atoms with Gasteiger partial charge in [0.15, 0.2) is 6.29 Å². The number of carbonyl (C=O) groups excluding carboxylic acids is 1. The fraction of sp³-hybridized carbons (Fsp3) is 0.815. The molecular weight excluding hydrogens is 468 g/mol. The van der Waals surface area contributed by atoms with Crippen LogP contribution in [0.3, 0.4) is 0 Å². The van der Waals surface area contributed by atoms with E-state index in [2.05, 4.69) is 31.2 Å². The summed E-state index contributed by atoms with van der Waals surface area (Å²) in [5.41, 5.74) is 0. The standard InChI is InChI=1S/C27H48O9/c1-2-3-4-5-6-7-8-9-10-11-12-13-14-15-16-17-23(30)34-19-21(29)20-35-27-26(33)25(32)24(31)22(18-28)36-27/h6-7,9-10,21-22,24-29,31-33H,2-5,8,11-20H2,1H3/b7-6-,10-9-. The molecule has 1 fully saturated rings. The summed E-state index contributed by atoms with van der Waals surface area (Å²) < 4.78 is 15.5. The lowest BCUT2D eigenvalue weighted by molar-refractivity contribution is -0.305. The van der Waals surface area contributed by atoms with E-state index in [1.54, 1.807) is 0 Å². The number of unbranched alkanes of at least 4 members (excludes halogenated alkanes) is 8. The van der Waals surface area contributed by atoms with Gasteiger partial charge in [-0.25, -0.2) is 0 Å². The van der Waals surface area contributed by atoms with E-state index in [0.717, 1.165) is 44.9 Å². The third-order valence-corrected chi connectivity index (χ3v) is 6.07. The largest absolute Gasteiger partial charge is 0.463 e. The van der Waals surface area contributed by atoms with Crippen LogP contribution < -0.4 is 0 Å². The van der Waals surface area contributed by atoms with E-state index < -0.39 is 49.4 Å². The maximum absolute atomic E-state index is 11.9. The van der Waals surface area contributed by atoms with Crippen LogP contribution in [0.4, 0.5) is 0 Å². The zero-order valence-electron chi connectivity index (χ0n) is 21.7. The van der Waals surface area contributed by atoms with Crippen molar-refractivity contribution in [2.45, 2.75) is 121 Å². The summed E-state index contributed by atoms with van der Waals surface area (Å²) in [5, 5.41) is 48.5. The number of hydrogen-bond donors (Lipinski definition) is 5. The minimum Gasteiger partial charge on any atom is -0.463 e. The summed E-state index contributed by atoms with van der Waals surface area (Å²) in [4.78, 5) is 11.9. The number of carbonyl (C=O) groups is 1. The molecule has 0 radical (unpaired) electrons. The van der Waals surface area contributed by atoms with Crippen molar-refractivity contribution in [3.63, 3.8) is 0 Å². The van der Waals surface area contributed by atoms with Crippen LogP contribution in [-0.2, 0) is 19.0 Å². The third kappa shape index (κ3) is 14.4. The second-order valence-corrected chi connectivity index (χ2v) is 9.35. The number of rotatable bonds is 20. The van der Waals surface area contributed by atoms with Gasteiger partial charge >= 0.3 is 5.97 Å². The van der Waals surface area contributed by atoms with Crippen LogP contribution in [0.2, 0.25) is 0 Å². The van der Waals surface area contributed by atoms with Crippen LogP contribution >= 0.6 is 0 Å². The molecule has 9 nitrogen and oxygen atoms in total. The molecule has 0 saturated carbocycles. The van der Waals surface area contributed by atoms with E-state index >= 15 is 0 Å². The lowest BCUT2D eigenvalue weighted by atomic mass is 9.99. The van der Waals surface area contributed by atoms with Gasteiger partial charge in [-0.15, -0.1) is 0 Å². The molecule has 0 bridgehead atoms. The Morgan fingerprint density at radius 3 is 2.17 bits per heavy atom. The molecule has 36 heavy (non-hydrogen) atoms. The van der Waals surface area contributed by atoms with E-state index in [0.29, 0.717) is 0 Å². The Balaban J connectivity index is 2.00. The molecule has 1 rings (SSSR count). The Kier molecular flexibility index (Phi) is 18.8. The smallest absolute Gasteiger partial charge is 0.305 e. The van der Waals surface area contributed by atoms with Gasteiger partial charge in [-0.2, -0.15) is 0 Å². The monoisotopic (exact) mass is 516 g/mol. The van der Waals surface area contributed by atoms with E-state index in [-0.39, 0.29) is 19.6 Å². The molecule has 9 heteroatoms. The Morgan fingerprint density at radius 2 is 1.50 bits per heavy atom. The van der Waals surface area contributed by atoms with Gasteiger partial charge in [-0.05, 0) is 38.5 Å². The Hall–Kier alpha value is -1.33. The fourth-order valence-corrected chi connectivity index (χ4v) is 3.80. The van der Waals surface area contributed by atoms with Gasteiger partial charge in [0.1, 0.15) is 37.1 Å². The van der Waals surface area contributed by atoms with Crippen molar-refractivity contribution in [2.24, 2.45) is 0 Å². The second-order valence-electron chi connectivity index (χ2n) is 9.35. The van der Waals surface area contributed by atoms with E-state index in [1.165, 1.54) is 25.7 Å². The third-order valence-electron chi connectivity index (χ3n) is 6.07. The fourth-order valence-electron chi connectivity index (χ4n) is 3.80. The molecule has 1 aliphatic heterocycles. The second kappa shape index (κ2) is 20.7. The van der Waals surface area contributed by atoms with Crippen molar-refractivity contribution in [3.05, 3.63) is 24.3 Å². The molecule has 0 spiro atoms. The van der Waals surface area contributed by atoms with Gasteiger partial charge in [0.05, 0.1) is 13.2 Å². The van der Waals surface area contributed by atoms with Crippen molar-refractivity contribution in [1.29, 1.82) is 0 Å². The number of aliphatic hydroxyl groups excluding tert-OH is 5. The highest BCUT2D eigenvalue weighted by Gasteiger charge is 2.44. The molecule has 0 aromatic rings. The van der Waals surface area contributed by atoms with Crippen molar-refractivity contribution in [2.75, 3.05) is 19.8 Å². The zero-order chi connectivity index (χ0) is 26.6. The average Bonchev–Trinajstić information content (AvgIpc) is 2.88. The van der Waals surface area contributed by atoms with Gasteiger partial charge in [0.25, 0.3) is 0 Å². The van der Waals surface area contributed by atoms with E-state index in [4.69, 9.17) is 19.3 Å². The lowest BCUT2D eigenvalue weighted by Gasteiger charge is -2.39. The minimum absolute atomic E-state index is 0.267. The molecule has 1 heterocycles. The Morgan fingerprint density at radius 1 is 0.861 bits per heavy atom. The van der Waals surface area contributed by atoms with Crippen molar-refractivity contribution >= 4 is 5.97 Å². The first-order valence-corrected chi connectivity index (χ1v) is 13.5. The van der Waals surface area contributed by atoms with E-state index in [9.17, 15) is 25.2 Å². The normalized spacial score (nSPS) is 25.6. The van der Waals surface area contributed by atoms with Crippen molar-refractivity contribution < 1.29 is 44.5 Å². The number of hydrogen-bond acceptors (Lipinski definition) is 9. The number of aliphatic hydroxyl groups is 5. The number of allylic oxidation sites excluding steroid dienone is 4. The summed E-state index contributed by atoms with van der Waals surface area (Å²) >= 11 is 0. The lowest BCUT2D eigenvalue weighted by Crippen LogP contribution is -2.59. The first-order valence-electron chi connectivity index (χ1n) is 13.5. The topological polar surface area (TPSA) is 146 Å². The molecule has 0 amide bonds. The van der Waals surface area contributed by atoms with Gasteiger partial charge in [0.2, 0.25) is 0 Å². The molecule has 0 aromatic heterocycles. The molecule has 6 unspecified atom stereocenters. The summed E-state index contributed by atoms with van der Waals surface area (Å²) in [6.07, 6.45) is 13.2. The molecular formula is C27H48O9. The Labute approximate surface area is 215 Å². The quantitative estimate of drug-likeness (QED) is 0.0936. The summed E-state index contributed by atoms with van der Waals surface area (Å²) in [7, 11) is 0. The minimum atomic E-state index is -1.56. The molecule has 210 valence electrons. The van der Waals surface area contributed by atoms with Crippen LogP contribution in [0.1, 0.15) is 84.0 Å². The highest BCUT2D eigenvalue weighted by atomic mass is 16.7. The number of ether oxygens (including phenoxy) is 3. The predicted octanol–water partition coefficient (Wildman–Crippen LogP) is 2.52. The van der Waals surface area contributed by atoms with Gasteiger partial charge in [0, 0.05) is 6.42 Å². The van der Waals surface area contributed by atoms with Crippen molar-refractivity contribution in [3.8, 4) is 0 Å². The summed E-state index contributed by atoms with van der Waals surface area (Å²) in [6.45, 7) is 1.06. The van der Waals surface area contributed by atoms with Crippen LogP contribution in [-0.4, -0.2) is 88.1 Å². The van der Waals surface area contributed by atoms with E-state index in [1.807, 2.05) is 0 Å². The van der Waals surface area contributed by atoms with Crippen LogP contribution in [0, 0.1) is 0 Å². The molecule has 1 aliphatic rings. The maximum atomic E-state index is 11.9. The van der Waals surface area contributed by atoms with Crippen molar-refractivity contribution in [1.82, 2.24) is 0 Å². The summed E-state index contributed by atoms with van der Waals surface area (Å²) in [5.74, 6) is -0.396. The molecule has 0 aliphatic carbocycles. The molecule has 1 saturated heterocycles. The van der Waals surface area contributed by atoms with Gasteiger partial charge in [-0.1, -0.05) is 63.3 Å². The zero-order valence-corrected chi connectivity index (χ0v) is 21.7. The van der Waals surface area contributed by atoms with Gasteiger partial charge < -0.3 is 39.7 Å². The van der Waals surface area contributed by atoms with Crippen LogP contribution in [0.5, 0.6) is 0 Å². The Bertz CT molecular complexity index is 608. The summed E-state index contributed by atoms with van der Waals surface area (Å²) in [6, 6.07) is 0.